The zero-order valence-electron chi connectivity index (χ0n) is 16.7. The number of pyridine rings is 1. The number of aromatic nitrogens is 3. The minimum Gasteiger partial charge on any atom is -0.323 e. The van der Waals surface area contributed by atoms with Gasteiger partial charge in [-0.2, -0.15) is 0 Å². The molecule has 2 aromatic carbocycles. The maximum atomic E-state index is 13.4. The Labute approximate surface area is 188 Å². The SMILES string of the molecule is CCc1ccccc1-n1c(SCC(=O)Nc2cccnc2Cl)nc2ccccc2c1=O. The van der Waals surface area contributed by atoms with Crippen molar-refractivity contribution in [2.24, 2.45) is 0 Å². The number of para-hydroxylation sites is 2. The normalized spacial score (nSPS) is 10.9. The van der Waals surface area contributed by atoms with Crippen molar-refractivity contribution in [1.29, 1.82) is 0 Å². The Bertz CT molecular complexity index is 1320. The van der Waals surface area contributed by atoms with Gasteiger partial charge in [0.25, 0.3) is 5.56 Å². The van der Waals surface area contributed by atoms with Crippen molar-refractivity contribution < 1.29 is 4.79 Å². The number of amides is 1. The number of nitrogens with one attached hydrogen (secondary N) is 1. The lowest BCUT2D eigenvalue weighted by Gasteiger charge is -2.16. The first-order valence-corrected chi connectivity index (χ1v) is 11.1. The topological polar surface area (TPSA) is 76.9 Å². The number of rotatable bonds is 6. The molecule has 8 heteroatoms. The summed E-state index contributed by atoms with van der Waals surface area (Å²) in [6.07, 6.45) is 2.31. The standard InChI is InChI=1S/C23H19ClN4O2S/c1-2-15-8-3-6-12-19(15)28-22(30)16-9-4-5-10-17(16)27-23(28)31-14-20(29)26-18-11-7-13-25-21(18)24/h3-13H,2,14H2,1H3,(H,26,29). The molecule has 4 rings (SSSR count). The van der Waals surface area contributed by atoms with E-state index in [-0.39, 0.29) is 22.4 Å². The van der Waals surface area contributed by atoms with Crippen molar-refractivity contribution in [3.63, 3.8) is 0 Å². The number of thioether (sulfide) groups is 1. The zero-order valence-corrected chi connectivity index (χ0v) is 18.3. The van der Waals surface area contributed by atoms with E-state index in [0.29, 0.717) is 21.7 Å². The van der Waals surface area contributed by atoms with Crippen LogP contribution in [0.25, 0.3) is 16.6 Å². The lowest BCUT2D eigenvalue weighted by Crippen LogP contribution is -2.23. The first-order valence-electron chi connectivity index (χ1n) is 9.71. The van der Waals surface area contributed by atoms with Gasteiger partial charge < -0.3 is 5.32 Å². The number of nitrogens with zero attached hydrogens (tertiary/aromatic N) is 3. The van der Waals surface area contributed by atoms with Gasteiger partial charge in [0.05, 0.1) is 28.0 Å². The highest BCUT2D eigenvalue weighted by Gasteiger charge is 2.17. The minimum absolute atomic E-state index is 0.0598. The van der Waals surface area contributed by atoms with Gasteiger partial charge >= 0.3 is 0 Å². The van der Waals surface area contributed by atoms with Gasteiger partial charge in [-0.3, -0.25) is 14.2 Å². The number of hydrogen-bond donors (Lipinski definition) is 1. The van der Waals surface area contributed by atoms with Gasteiger partial charge in [-0.1, -0.05) is 60.6 Å². The molecule has 0 saturated heterocycles. The molecule has 0 radical (unpaired) electrons. The van der Waals surface area contributed by atoms with E-state index in [1.807, 2.05) is 43.3 Å². The molecule has 0 bridgehead atoms. The average molecular weight is 451 g/mol. The summed E-state index contributed by atoms with van der Waals surface area (Å²) >= 11 is 7.22. The zero-order chi connectivity index (χ0) is 21.8. The highest BCUT2D eigenvalue weighted by atomic mass is 35.5. The quantitative estimate of drug-likeness (QED) is 0.261. The largest absolute Gasteiger partial charge is 0.323 e. The number of halogens is 1. The van der Waals surface area contributed by atoms with Crippen molar-refractivity contribution in [3.05, 3.63) is 87.9 Å². The summed E-state index contributed by atoms with van der Waals surface area (Å²) in [5.41, 5.74) is 2.66. The lowest BCUT2D eigenvalue weighted by atomic mass is 10.1. The molecule has 156 valence electrons. The molecule has 0 fully saturated rings. The van der Waals surface area contributed by atoms with Crippen LogP contribution in [0.4, 0.5) is 5.69 Å². The predicted molar refractivity (Wildman–Crippen MR) is 125 cm³/mol. The second-order valence-corrected chi connectivity index (χ2v) is 8.01. The molecule has 1 N–H and O–H groups in total. The van der Waals surface area contributed by atoms with Crippen LogP contribution >= 0.6 is 23.4 Å². The van der Waals surface area contributed by atoms with E-state index in [2.05, 4.69) is 10.3 Å². The monoisotopic (exact) mass is 450 g/mol. The highest BCUT2D eigenvalue weighted by molar-refractivity contribution is 7.99. The molecule has 0 aliphatic carbocycles. The molecule has 0 atom stereocenters. The number of hydrogen-bond acceptors (Lipinski definition) is 5. The van der Waals surface area contributed by atoms with Crippen LogP contribution in [0.3, 0.4) is 0 Å². The molecular formula is C23H19ClN4O2S. The van der Waals surface area contributed by atoms with Crippen LogP contribution in [0.2, 0.25) is 5.15 Å². The van der Waals surface area contributed by atoms with Crippen molar-refractivity contribution in [2.75, 3.05) is 11.1 Å². The average Bonchev–Trinajstić information content (AvgIpc) is 2.79. The predicted octanol–water partition coefficient (Wildman–Crippen LogP) is 4.73. The first kappa shape index (κ1) is 21.1. The molecule has 2 heterocycles. The van der Waals surface area contributed by atoms with Crippen LogP contribution in [0.1, 0.15) is 12.5 Å². The smallest absolute Gasteiger partial charge is 0.266 e. The number of benzene rings is 2. The maximum absolute atomic E-state index is 13.4. The molecule has 1 amide bonds. The molecule has 4 aromatic rings. The van der Waals surface area contributed by atoms with E-state index in [4.69, 9.17) is 16.6 Å². The van der Waals surface area contributed by atoms with Gasteiger partial charge in [0.2, 0.25) is 5.91 Å². The fraction of sp³-hybridized carbons (Fsp3) is 0.130. The second kappa shape index (κ2) is 9.32. The Hall–Kier alpha value is -3.16. The van der Waals surface area contributed by atoms with Gasteiger partial charge in [-0.05, 0) is 42.3 Å². The van der Waals surface area contributed by atoms with Gasteiger partial charge in [0.15, 0.2) is 10.3 Å². The summed E-state index contributed by atoms with van der Waals surface area (Å²) in [5.74, 6) is -0.206. The molecule has 6 nitrogen and oxygen atoms in total. The van der Waals surface area contributed by atoms with Gasteiger partial charge in [0, 0.05) is 6.20 Å². The van der Waals surface area contributed by atoms with Crippen molar-refractivity contribution >= 4 is 45.9 Å². The fourth-order valence-electron chi connectivity index (χ4n) is 3.25. The number of carbonyl (C=O) groups excluding carboxylic acids is 1. The third kappa shape index (κ3) is 4.47. The van der Waals surface area contributed by atoms with Crippen LogP contribution < -0.4 is 10.9 Å². The summed E-state index contributed by atoms with van der Waals surface area (Å²) in [4.78, 5) is 34.6. The minimum atomic E-state index is -0.266. The Morgan fingerprint density at radius 2 is 1.87 bits per heavy atom. The Morgan fingerprint density at radius 3 is 2.68 bits per heavy atom. The molecule has 2 aromatic heterocycles. The van der Waals surface area contributed by atoms with E-state index in [1.165, 1.54) is 11.8 Å². The molecule has 0 spiro atoms. The number of carbonyl (C=O) groups is 1. The van der Waals surface area contributed by atoms with Gasteiger partial charge in [-0.25, -0.2) is 9.97 Å². The van der Waals surface area contributed by atoms with Crippen LogP contribution in [-0.2, 0) is 11.2 Å². The van der Waals surface area contributed by atoms with E-state index < -0.39 is 0 Å². The van der Waals surface area contributed by atoms with E-state index in [0.717, 1.165) is 17.7 Å². The summed E-state index contributed by atoms with van der Waals surface area (Å²) in [5, 5.41) is 3.95. The summed E-state index contributed by atoms with van der Waals surface area (Å²) in [6, 6.07) is 18.3. The first-order chi connectivity index (χ1) is 15.1. The van der Waals surface area contributed by atoms with Gasteiger partial charge in [0.1, 0.15) is 0 Å². The molecule has 0 unspecified atom stereocenters. The third-order valence-corrected chi connectivity index (χ3v) is 5.96. The summed E-state index contributed by atoms with van der Waals surface area (Å²) in [7, 11) is 0. The summed E-state index contributed by atoms with van der Waals surface area (Å²) < 4.78 is 1.59. The van der Waals surface area contributed by atoms with Crippen LogP contribution in [-0.4, -0.2) is 26.2 Å². The van der Waals surface area contributed by atoms with Crippen LogP contribution in [0.5, 0.6) is 0 Å². The van der Waals surface area contributed by atoms with E-state index >= 15 is 0 Å². The second-order valence-electron chi connectivity index (χ2n) is 6.71. The number of fused-ring (bicyclic) bond motifs is 1. The Kier molecular flexibility index (Phi) is 6.34. The van der Waals surface area contributed by atoms with E-state index in [9.17, 15) is 9.59 Å². The molecular weight excluding hydrogens is 432 g/mol. The van der Waals surface area contributed by atoms with Gasteiger partial charge in [-0.15, -0.1) is 0 Å². The number of anilines is 1. The van der Waals surface area contributed by atoms with Crippen molar-refractivity contribution in [1.82, 2.24) is 14.5 Å². The van der Waals surface area contributed by atoms with Crippen molar-refractivity contribution in [2.45, 2.75) is 18.5 Å². The number of aryl methyl sites for hydroxylation is 1. The maximum Gasteiger partial charge on any atom is 0.266 e. The molecule has 0 aliphatic heterocycles. The fourth-order valence-corrected chi connectivity index (χ4v) is 4.22. The highest BCUT2D eigenvalue weighted by Crippen LogP contribution is 2.24. The third-order valence-electron chi connectivity index (χ3n) is 4.72. The van der Waals surface area contributed by atoms with Crippen LogP contribution in [0, 0.1) is 0 Å². The van der Waals surface area contributed by atoms with Crippen LogP contribution in [0.15, 0.2) is 76.8 Å². The molecule has 0 saturated carbocycles. The van der Waals surface area contributed by atoms with Crippen molar-refractivity contribution in [3.8, 4) is 5.69 Å². The molecule has 0 aliphatic rings. The van der Waals surface area contributed by atoms with E-state index in [1.54, 1.807) is 35.0 Å². The summed E-state index contributed by atoms with van der Waals surface area (Å²) in [6.45, 7) is 2.04. The molecule has 31 heavy (non-hydrogen) atoms. The Balaban J connectivity index is 1.72. The Morgan fingerprint density at radius 1 is 1.10 bits per heavy atom. The lowest BCUT2D eigenvalue weighted by molar-refractivity contribution is -0.113.